The molecule has 0 unspecified atom stereocenters. The van der Waals surface area contributed by atoms with Crippen LogP contribution in [-0.4, -0.2) is 29.1 Å². The Morgan fingerprint density at radius 3 is 1.55 bits per heavy atom. The van der Waals surface area contributed by atoms with E-state index in [1.54, 1.807) is 0 Å². The first kappa shape index (κ1) is 21.6. The van der Waals surface area contributed by atoms with Gasteiger partial charge in [0.05, 0.1) is 0 Å². The van der Waals surface area contributed by atoms with Crippen LogP contribution in [0.15, 0.2) is 0 Å². The maximum absolute atomic E-state index is 13.1. The number of amides is 1. The summed E-state index contributed by atoms with van der Waals surface area (Å²) in [5, 5.41) is -0.673. The number of rotatable bonds is 14. The van der Waals surface area contributed by atoms with Crippen LogP contribution >= 0.6 is 8.46 Å². The van der Waals surface area contributed by atoms with Gasteiger partial charge in [0, 0.05) is 13.1 Å². The second-order valence-corrected chi connectivity index (χ2v) is 7.37. The number of hydrogen-bond donors (Lipinski definition) is 0. The molecule has 130 valence electrons. The van der Waals surface area contributed by atoms with Crippen LogP contribution < -0.4 is 0 Å². The van der Waals surface area contributed by atoms with Crippen LogP contribution in [0.5, 0.6) is 0 Å². The van der Waals surface area contributed by atoms with Gasteiger partial charge in [0.25, 0.3) is 0 Å². The van der Waals surface area contributed by atoms with Crippen LogP contribution in [0.4, 0.5) is 0 Å². The van der Waals surface area contributed by atoms with Crippen LogP contribution in [0.25, 0.3) is 0 Å². The average molecular weight is 329 g/mol. The third kappa shape index (κ3) is 7.22. The molecule has 0 heterocycles. The fourth-order valence-electron chi connectivity index (χ4n) is 2.71. The highest BCUT2D eigenvalue weighted by Gasteiger charge is 2.40. The smallest absolute Gasteiger partial charge is 0.240 e. The molecule has 1 amide bonds. The fourth-order valence-corrected chi connectivity index (χ4v) is 3.43. The summed E-state index contributed by atoms with van der Waals surface area (Å²) < 4.78 is 12.0. The number of carbonyl (C=O) groups is 1. The van der Waals surface area contributed by atoms with Crippen molar-refractivity contribution in [1.29, 1.82) is 0 Å². The predicted molar refractivity (Wildman–Crippen MR) is 95.8 cm³/mol. The Morgan fingerprint density at radius 2 is 1.23 bits per heavy atom. The third-order valence-corrected chi connectivity index (χ3v) is 5.30. The second-order valence-electron chi connectivity index (χ2n) is 6.33. The first-order valence-electron chi connectivity index (χ1n) is 9.25. The number of nitrogens with zero attached hydrogens (tertiary/aromatic N) is 1. The molecular weight excluding hydrogens is 293 g/mol. The maximum atomic E-state index is 13.1. The van der Waals surface area contributed by atoms with Crippen molar-refractivity contribution in [3.05, 3.63) is 0 Å². The molecule has 0 bridgehead atoms. The third-order valence-electron chi connectivity index (χ3n) is 4.31. The molecule has 0 spiro atoms. The van der Waals surface area contributed by atoms with Gasteiger partial charge >= 0.3 is 0 Å². The Kier molecular flexibility index (Phi) is 12.8. The van der Waals surface area contributed by atoms with Gasteiger partial charge in [-0.05, 0) is 25.7 Å². The van der Waals surface area contributed by atoms with E-state index in [1.165, 1.54) is 0 Å². The highest BCUT2D eigenvalue weighted by molar-refractivity contribution is 7.27. The Balaban J connectivity index is 5.14. The van der Waals surface area contributed by atoms with Gasteiger partial charge in [-0.25, -0.2) is 0 Å². The van der Waals surface area contributed by atoms with Gasteiger partial charge in [-0.15, -0.1) is 0 Å². The van der Waals surface area contributed by atoms with E-state index in [9.17, 15) is 9.36 Å². The molecule has 0 fully saturated rings. The van der Waals surface area contributed by atoms with E-state index in [-0.39, 0.29) is 14.4 Å². The summed E-state index contributed by atoms with van der Waals surface area (Å²) in [6.07, 6.45) is 9.77. The number of unbranched alkanes of at least 4 members (excludes halogenated alkanes) is 4. The maximum Gasteiger partial charge on any atom is 0.240 e. The molecule has 0 aromatic carbocycles. The molecule has 3 nitrogen and oxygen atoms in total. The molecule has 0 aliphatic heterocycles. The normalized spacial score (nSPS) is 11.8. The van der Waals surface area contributed by atoms with Crippen molar-refractivity contribution < 1.29 is 9.36 Å². The summed E-state index contributed by atoms with van der Waals surface area (Å²) in [5.41, 5.74) is 0. The lowest BCUT2D eigenvalue weighted by molar-refractivity contribution is -0.134. The lowest BCUT2D eigenvalue weighted by Crippen LogP contribution is -2.46. The molecule has 22 heavy (non-hydrogen) atoms. The zero-order valence-electron chi connectivity index (χ0n) is 15.2. The van der Waals surface area contributed by atoms with Crippen LogP contribution in [0.1, 0.15) is 91.9 Å². The zero-order chi connectivity index (χ0) is 16.8. The second kappa shape index (κ2) is 13.0. The van der Waals surface area contributed by atoms with E-state index in [4.69, 9.17) is 0 Å². The summed E-state index contributed by atoms with van der Waals surface area (Å²) in [7, 11) is 0.0202. The summed E-state index contributed by atoms with van der Waals surface area (Å²) in [5.74, 6) is 0.132. The van der Waals surface area contributed by atoms with E-state index in [2.05, 4.69) is 27.7 Å². The molecule has 0 aromatic rings. The molecule has 0 radical (unpaired) electrons. The first-order chi connectivity index (χ1) is 10.6. The lowest BCUT2D eigenvalue weighted by atomic mass is 9.93. The molecule has 4 heteroatoms. The largest absolute Gasteiger partial charge is 0.342 e. The minimum atomic E-state index is -0.673. The predicted octanol–water partition coefficient (Wildman–Crippen LogP) is 5.83. The van der Waals surface area contributed by atoms with Gasteiger partial charge < -0.3 is 4.90 Å². The zero-order valence-corrected chi connectivity index (χ0v) is 16.1. The van der Waals surface area contributed by atoms with E-state index < -0.39 is 5.16 Å². The highest BCUT2D eigenvalue weighted by Crippen LogP contribution is 2.37. The molecule has 0 atom stereocenters. The van der Waals surface area contributed by atoms with Crippen molar-refractivity contribution in [2.24, 2.45) is 0 Å². The molecular formula is C18H36NO2P. The van der Waals surface area contributed by atoms with Crippen molar-refractivity contribution >= 4 is 14.4 Å². The van der Waals surface area contributed by atoms with Crippen molar-refractivity contribution in [3.8, 4) is 0 Å². The van der Waals surface area contributed by atoms with Crippen LogP contribution in [0.3, 0.4) is 0 Å². The van der Waals surface area contributed by atoms with Gasteiger partial charge in [-0.1, -0.05) is 66.2 Å². The number of hydrogen-bond acceptors (Lipinski definition) is 2. The average Bonchev–Trinajstić information content (AvgIpc) is 2.55. The Labute approximate surface area is 139 Å². The Morgan fingerprint density at radius 1 is 0.818 bits per heavy atom. The van der Waals surface area contributed by atoms with E-state index in [1.807, 2.05) is 4.90 Å². The quantitative estimate of drug-likeness (QED) is 0.376. The van der Waals surface area contributed by atoms with Gasteiger partial charge in [0.15, 0.2) is 8.46 Å². The molecule has 0 aromatic heterocycles. The lowest BCUT2D eigenvalue weighted by Gasteiger charge is -2.33. The highest BCUT2D eigenvalue weighted by atomic mass is 31.1. The number of carbonyl (C=O) groups excluding carboxylic acids is 1. The SMILES string of the molecule is CCCCN(CCCC)C(=O)C(CCCC)(CCCC)P=O. The van der Waals surface area contributed by atoms with Gasteiger partial charge in [-0.2, -0.15) is 0 Å². The Bertz CT molecular complexity index is 291. The molecule has 0 N–H and O–H groups in total. The summed E-state index contributed by atoms with van der Waals surface area (Å²) >= 11 is 0. The monoisotopic (exact) mass is 329 g/mol. The Hall–Kier alpha value is -0.430. The van der Waals surface area contributed by atoms with Crippen molar-refractivity contribution in [3.63, 3.8) is 0 Å². The van der Waals surface area contributed by atoms with Crippen molar-refractivity contribution in [2.45, 2.75) is 97.1 Å². The van der Waals surface area contributed by atoms with Gasteiger partial charge in [0.1, 0.15) is 5.16 Å². The minimum absolute atomic E-state index is 0.0202. The van der Waals surface area contributed by atoms with E-state index in [0.717, 1.165) is 77.3 Å². The summed E-state index contributed by atoms with van der Waals surface area (Å²) in [6.45, 7) is 10.2. The van der Waals surface area contributed by atoms with E-state index >= 15 is 0 Å². The van der Waals surface area contributed by atoms with Crippen molar-refractivity contribution in [2.75, 3.05) is 13.1 Å². The summed E-state index contributed by atoms with van der Waals surface area (Å²) in [6, 6.07) is 0. The van der Waals surface area contributed by atoms with Gasteiger partial charge in [-0.3, -0.25) is 9.36 Å². The summed E-state index contributed by atoms with van der Waals surface area (Å²) in [4.78, 5) is 15.1. The molecule has 0 rings (SSSR count). The minimum Gasteiger partial charge on any atom is -0.342 e. The van der Waals surface area contributed by atoms with Crippen molar-refractivity contribution in [1.82, 2.24) is 4.90 Å². The molecule has 0 saturated carbocycles. The van der Waals surface area contributed by atoms with Crippen LogP contribution in [0.2, 0.25) is 0 Å². The van der Waals surface area contributed by atoms with Crippen LogP contribution in [-0.2, 0) is 9.36 Å². The first-order valence-corrected chi connectivity index (χ1v) is 10.1. The molecule has 0 aliphatic carbocycles. The molecule has 0 aliphatic rings. The van der Waals surface area contributed by atoms with Gasteiger partial charge in [0.2, 0.25) is 5.91 Å². The fraction of sp³-hybridized carbons (Fsp3) is 0.944. The topological polar surface area (TPSA) is 37.4 Å². The molecule has 0 saturated heterocycles. The van der Waals surface area contributed by atoms with E-state index in [0.29, 0.717) is 0 Å². The van der Waals surface area contributed by atoms with Crippen LogP contribution in [0, 0.1) is 0 Å². The standard InChI is InChI=1S/C18H36NO2P/c1-5-9-13-18(22-21,14-10-6-2)17(20)19(15-11-7-3)16-12-8-4/h5-16H2,1-4H3.